The Labute approximate surface area is 157 Å². The molecule has 0 unspecified atom stereocenters. The fourth-order valence-electron chi connectivity index (χ4n) is 2.38. The van der Waals surface area contributed by atoms with Crippen LogP contribution in [0.15, 0.2) is 48.1 Å². The lowest BCUT2D eigenvalue weighted by molar-refractivity contribution is -0.123. The molecule has 0 bridgehead atoms. The van der Waals surface area contributed by atoms with Crippen molar-refractivity contribution in [1.29, 1.82) is 0 Å². The number of benzene rings is 1. The first kappa shape index (κ1) is 18.1. The minimum Gasteiger partial charge on any atom is -0.484 e. The maximum absolute atomic E-state index is 11.9. The van der Waals surface area contributed by atoms with Gasteiger partial charge in [-0.2, -0.15) is 0 Å². The lowest BCUT2D eigenvalue weighted by atomic mass is 10.1. The van der Waals surface area contributed by atoms with E-state index >= 15 is 0 Å². The number of nitrogens with one attached hydrogen (secondary N) is 1. The lowest BCUT2D eigenvalue weighted by Crippen LogP contribution is -2.30. The smallest absolute Gasteiger partial charge is 0.257 e. The molecule has 0 aliphatic heterocycles. The standard InChI is InChI=1S/C20H21N3O2S/c1-14-3-4-18(11-15(14)2)25-12-19(24)22-10-7-17-13-26-20(23-17)16-5-8-21-9-6-16/h3-6,8-9,11,13H,7,10,12H2,1-2H3,(H,22,24). The highest BCUT2D eigenvalue weighted by molar-refractivity contribution is 7.13. The van der Waals surface area contributed by atoms with Crippen molar-refractivity contribution < 1.29 is 9.53 Å². The van der Waals surface area contributed by atoms with Gasteiger partial charge in [0, 0.05) is 36.3 Å². The minimum absolute atomic E-state index is 0.0157. The highest BCUT2D eigenvalue weighted by atomic mass is 32.1. The van der Waals surface area contributed by atoms with Crippen LogP contribution in [-0.2, 0) is 11.2 Å². The van der Waals surface area contributed by atoms with Crippen LogP contribution in [0.1, 0.15) is 16.8 Å². The normalized spacial score (nSPS) is 10.5. The van der Waals surface area contributed by atoms with E-state index in [1.807, 2.05) is 49.6 Å². The summed E-state index contributed by atoms with van der Waals surface area (Å²) in [7, 11) is 0. The van der Waals surface area contributed by atoms with Crippen molar-refractivity contribution in [2.75, 3.05) is 13.2 Å². The topological polar surface area (TPSA) is 64.1 Å². The van der Waals surface area contributed by atoms with Crippen LogP contribution in [0.4, 0.5) is 0 Å². The molecular weight excluding hydrogens is 346 g/mol. The van der Waals surface area contributed by atoms with E-state index in [-0.39, 0.29) is 12.5 Å². The number of aromatic nitrogens is 2. The predicted octanol–water partition coefficient (Wildman–Crippen LogP) is 3.56. The minimum atomic E-state index is -0.132. The number of hydrogen-bond acceptors (Lipinski definition) is 5. The average Bonchev–Trinajstić information content (AvgIpc) is 3.12. The van der Waals surface area contributed by atoms with Crippen LogP contribution >= 0.6 is 11.3 Å². The molecule has 0 aliphatic rings. The molecule has 0 radical (unpaired) electrons. The van der Waals surface area contributed by atoms with Gasteiger partial charge in [-0.3, -0.25) is 9.78 Å². The van der Waals surface area contributed by atoms with Crippen LogP contribution in [-0.4, -0.2) is 29.0 Å². The number of hydrogen-bond donors (Lipinski definition) is 1. The van der Waals surface area contributed by atoms with Gasteiger partial charge < -0.3 is 10.1 Å². The molecule has 1 aromatic carbocycles. The molecular formula is C20H21N3O2S. The molecule has 0 aliphatic carbocycles. The highest BCUT2D eigenvalue weighted by Gasteiger charge is 2.07. The van der Waals surface area contributed by atoms with Crippen molar-refractivity contribution in [3.63, 3.8) is 0 Å². The van der Waals surface area contributed by atoms with Crippen LogP contribution in [0.2, 0.25) is 0 Å². The van der Waals surface area contributed by atoms with Crippen LogP contribution in [0.5, 0.6) is 5.75 Å². The summed E-state index contributed by atoms with van der Waals surface area (Å²) in [6, 6.07) is 9.69. The van der Waals surface area contributed by atoms with Gasteiger partial charge in [0.25, 0.3) is 5.91 Å². The average molecular weight is 367 g/mol. The Hall–Kier alpha value is -2.73. The van der Waals surface area contributed by atoms with Gasteiger partial charge in [0.2, 0.25) is 0 Å². The molecule has 1 amide bonds. The molecule has 0 saturated carbocycles. The summed E-state index contributed by atoms with van der Waals surface area (Å²) in [5, 5.41) is 5.85. The van der Waals surface area contributed by atoms with Gasteiger partial charge in [-0.05, 0) is 49.2 Å². The zero-order valence-electron chi connectivity index (χ0n) is 14.9. The first-order valence-electron chi connectivity index (χ1n) is 8.43. The number of pyridine rings is 1. The SMILES string of the molecule is Cc1ccc(OCC(=O)NCCc2csc(-c3ccncc3)n2)cc1C. The van der Waals surface area contributed by atoms with Crippen LogP contribution < -0.4 is 10.1 Å². The first-order chi connectivity index (χ1) is 12.6. The molecule has 0 fully saturated rings. The third-order valence-corrected chi connectivity index (χ3v) is 4.97. The van der Waals surface area contributed by atoms with Crippen molar-refractivity contribution in [3.05, 3.63) is 64.9 Å². The fraction of sp³-hybridized carbons (Fsp3) is 0.250. The molecule has 26 heavy (non-hydrogen) atoms. The van der Waals surface area contributed by atoms with Crippen molar-refractivity contribution in [3.8, 4) is 16.3 Å². The van der Waals surface area contributed by atoms with Crippen LogP contribution in [0.3, 0.4) is 0 Å². The van der Waals surface area contributed by atoms with E-state index in [4.69, 9.17) is 4.74 Å². The van der Waals surface area contributed by atoms with Gasteiger partial charge in [0.05, 0.1) is 5.69 Å². The number of aryl methyl sites for hydroxylation is 2. The molecule has 0 saturated heterocycles. The molecule has 0 spiro atoms. The van der Waals surface area contributed by atoms with Crippen LogP contribution in [0, 0.1) is 13.8 Å². The third-order valence-electron chi connectivity index (χ3n) is 4.03. The summed E-state index contributed by atoms with van der Waals surface area (Å²) in [6.07, 6.45) is 4.20. The molecule has 2 heterocycles. The van der Waals surface area contributed by atoms with Gasteiger partial charge >= 0.3 is 0 Å². The summed E-state index contributed by atoms with van der Waals surface area (Å²) in [4.78, 5) is 20.5. The molecule has 1 N–H and O–H groups in total. The zero-order valence-corrected chi connectivity index (χ0v) is 15.7. The van der Waals surface area contributed by atoms with Gasteiger partial charge in [-0.1, -0.05) is 6.07 Å². The van der Waals surface area contributed by atoms with E-state index in [1.165, 1.54) is 5.56 Å². The Kier molecular flexibility index (Phi) is 5.96. The quantitative estimate of drug-likeness (QED) is 0.693. The number of amides is 1. The molecule has 3 aromatic rings. The van der Waals surface area contributed by atoms with E-state index in [1.54, 1.807) is 23.7 Å². The lowest BCUT2D eigenvalue weighted by Gasteiger charge is -2.08. The molecule has 3 rings (SSSR count). The third kappa shape index (κ3) is 4.89. The Morgan fingerprint density at radius 2 is 1.96 bits per heavy atom. The molecule has 6 heteroatoms. The fourth-order valence-corrected chi connectivity index (χ4v) is 3.24. The van der Waals surface area contributed by atoms with E-state index < -0.39 is 0 Å². The van der Waals surface area contributed by atoms with Crippen LogP contribution in [0.25, 0.3) is 10.6 Å². The Balaban J connectivity index is 1.42. The Morgan fingerprint density at radius 1 is 1.15 bits per heavy atom. The van der Waals surface area contributed by atoms with E-state index in [2.05, 4.69) is 15.3 Å². The van der Waals surface area contributed by atoms with E-state index in [0.717, 1.165) is 21.8 Å². The maximum Gasteiger partial charge on any atom is 0.257 e. The second-order valence-corrected chi connectivity index (χ2v) is 6.87. The second kappa shape index (κ2) is 8.58. The largest absolute Gasteiger partial charge is 0.484 e. The summed E-state index contributed by atoms with van der Waals surface area (Å²) >= 11 is 1.60. The number of nitrogens with zero attached hydrogens (tertiary/aromatic N) is 2. The number of carbonyl (C=O) groups is 1. The van der Waals surface area contributed by atoms with Gasteiger partial charge in [0.15, 0.2) is 6.61 Å². The van der Waals surface area contributed by atoms with Crippen molar-refractivity contribution in [2.45, 2.75) is 20.3 Å². The second-order valence-electron chi connectivity index (χ2n) is 6.01. The first-order valence-corrected chi connectivity index (χ1v) is 9.31. The van der Waals surface area contributed by atoms with Crippen molar-refractivity contribution in [1.82, 2.24) is 15.3 Å². The van der Waals surface area contributed by atoms with Gasteiger partial charge in [-0.15, -0.1) is 11.3 Å². The number of rotatable bonds is 7. The van der Waals surface area contributed by atoms with Gasteiger partial charge in [0.1, 0.15) is 10.8 Å². The molecule has 0 atom stereocenters. The number of carbonyl (C=O) groups excluding carboxylic acids is 1. The zero-order chi connectivity index (χ0) is 18.4. The van der Waals surface area contributed by atoms with Gasteiger partial charge in [-0.25, -0.2) is 4.98 Å². The Morgan fingerprint density at radius 3 is 2.73 bits per heavy atom. The van der Waals surface area contributed by atoms with Crippen molar-refractivity contribution >= 4 is 17.2 Å². The Bertz CT molecular complexity index is 878. The monoisotopic (exact) mass is 367 g/mol. The predicted molar refractivity (Wildman–Crippen MR) is 103 cm³/mol. The maximum atomic E-state index is 11.9. The number of thiazole rings is 1. The van der Waals surface area contributed by atoms with E-state index in [9.17, 15) is 4.79 Å². The summed E-state index contributed by atoms with van der Waals surface area (Å²) in [5.41, 5.74) is 4.38. The summed E-state index contributed by atoms with van der Waals surface area (Å²) in [5.74, 6) is 0.581. The molecule has 134 valence electrons. The van der Waals surface area contributed by atoms with Crippen molar-refractivity contribution in [2.24, 2.45) is 0 Å². The highest BCUT2D eigenvalue weighted by Crippen LogP contribution is 2.22. The molecule has 2 aromatic heterocycles. The number of ether oxygens (including phenoxy) is 1. The van der Waals surface area contributed by atoms with E-state index in [0.29, 0.717) is 18.7 Å². The summed E-state index contributed by atoms with van der Waals surface area (Å²) < 4.78 is 5.54. The molecule has 5 nitrogen and oxygen atoms in total. The summed E-state index contributed by atoms with van der Waals surface area (Å²) in [6.45, 7) is 4.62.